The van der Waals surface area contributed by atoms with E-state index in [2.05, 4.69) is 5.32 Å². The summed E-state index contributed by atoms with van der Waals surface area (Å²) in [6.45, 7) is 1.04. The zero-order valence-corrected chi connectivity index (χ0v) is 13.8. The van der Waals surface area contributed by atoms with Crippen LogP contribution < -0.4 is 5.32 Å². The number of anilines is 1. The van der Waals surface area contributed by atoms with Crippen LogP contribution >= 0.6 is 11.3 Å². The van der Waals surface area contributed by atoms with Crippen molar-refractivity contribution >= 4 is 33.0 Å². The Morgan fingerprint density at radius 1 is 1.17 bits per heavy atom. The van der Waals surface area contributed by atoms with E-state index < -0.39 is 21.7 Å². The predicted molar refractivity (Wildman–Crippen MR) is 86.7 cm³/mol. The zero-order valence-electron chi connectivity index (χ0n) is 12.2. The van der Waals surface area contributed by atoms with E-state index >= 15 is 0 Å². The first-order valence-electron chi connectivity index (χ1n) is 7.14. The van der Waals surface area contributed by atoms with Gasteiger partial charge in [0.15, 0.2) is 0 Å². The Kier molecular flexibility index (Phi) is 4.47. The van der Waals surface area contributed by atoms with E-state index in [9.17, 15) is 17.6 Å². The number of hydrogen-bond acceptors (Lipinski definition) is 4. The number of thiophene rings is 1. The van der Waals surface area contributed by atoms with Gasteiger partial charge in [0.25, 0.3) is 15.9 Å². The van der Waals surface area contributed by atoms with Crippen molar-refractivity contribution in [3.8, 4) is 0 Å². The minimum Gasteiger partial charge on any atom is -0.321 e. The SMILES string of the molecule is O=C(Nc1cccc(F)c1)c1ccc(S(=O)(=O)N2CCCC2)s1. The van der Waals surface area contributed by atoms with Gasteiger partial charge in [-0.1, -0.05) is 6.07 Å². The molecular weight excluding hydrogens is 339 g/mol. The maximum Gasteiger partial charge on any atom is 0.265 e. The lowest BCUT2D eigenvalue weighted by Crippen LogP contribution is -2.27. The van der Waals surface area contributed by atoms with Crippen LogP contribution in [-0.4, -0.2) is 31.7 Å². The minimum absolute atomic E-state index is 0.156. The van der Waals surface area contributed by atoms with Crippen molar-refractivity contribution in [3.05, 3.63) is 47.1 Å². The van der Waals surface area contributed by atoms with Crippen molar-refractivity contribution in [1.29, 1.82) is 0 Å². The molecule has 0 spiro atoms. The average molecular weight is 354 g/mol. The Balaban J connectivity index is 1.77. The molecule has 3 rings (SSSR count). The lowest BCUT2D eigenvalue weighted by molar-refractivity contribution is 0.103. The van der Waals surface area contributed by atoms with Crippen molar-refractivity contribution < 1.29 is 17.6 Å². The molecule has 122 valence electrons. The minimum atomic E-state index is -3.52. The van der Waals surface area contributed by atoms with Gasteiger partial charge in [0.1, 0.15) is 10.0 Å². The fourth-order valence-electron chi connectivity index (χ4n) is 2.40. The summed E-state index contributed by atoms with van der Waals surface area (Å²) < 4.78 is 39.6. The van der Waals surface area contributed by atoms with Crippen molar-refractivity contribution in [3.63, 3.8) is 0 Å². The second kappa shape index (κ2) is 6.38. The molecule has 1 N–H and O–H groups in total. The van der Waals surface area contributed by atoms with Crippen LogP contribution in [0.3, 0.4) is 0 Å². The van der Waals surface area contributed by atoms with Crippen molar-refractivity contribution in [2.24, 2.45) is 0 Å². The molecule has 1 aliphatic rings. The Hall–Kier alpha value is -1.77. The van der Waals surface area contributed by atoms with Crippen LogP contribution in [0.15, 0.2) is 40.6 Å². The van der Waals surface area contributed by atoms with E-state index in [1.54, 1.807) is 6.07 Å². The number of hydrogen-bond donors (Lipinski definition) is 1. The number of nitrogens with one attached hydrogen (secondary N) is 1. The van der Waals surface area contributed by atoms with Gasteiger partial charge in [-0.05, 0) is 43.2 Å². The highest BCUT2D eigenvalue weighted by Crippen LogP contribution is 2.27. The number of benzene rings is 1. The third kappa shape index (κ3) is 3.44. The van der Waals surface area contributed by atoms with E-state index in [4.69, 9.17) is 0 Å². The van der Waals surface area contributed by atoms with Crippen molar-refractivity contribution in [2.45, 2.75) is 17.1 Å². The van der Waals surface area contributed by atoms with Gasteiger partial charge in [-0.15, -0.1) is 11.3 Å². The first-order valence-corrected chi connectivity index (χ1v) is 9.39. The molecule has 1 fully saturated rings. The quantitative estimate of drug-likeness (QED) is 0.918. The number of rotatable bonds is 4. The third-order valence-corrected chi connectivity index (χ3v) is 7.00. The molecule has 0 bridgehead atoms. The van der Waals surface area contributed by atoms with Gasteiger partial charge in [0.2, 0.25) is 0 Å². The fraction of sp³-hybridized carbons (Fsp3) is 0.267. The van der Waals surface area contributed by atoms with Gasteiger partial charge >= 0.3 is 0 Å². The highest BCUT2D eigenvalue weighted by atomic mass is 32.2. The van der Waals surface area contributed by atoms with Crippen LogP contribution in [0.5, 0.6) is 0 Å². The van der Waals surface area contributed by atoms with Gasteiger partial charge in [0.05, 0.1) is 4.88 Å². The van der Waals surface area contributed by atoms with Crippen LogP contribution in [0, 0.1) is 5.82 Å². The normalized spacial score (nSPS) is 15.7. The number of sulfonamides is 1. The molecule has 1 amide bonds. The third-order valence-electron chi connectivity index (χ3n) is 3.55. The highest BCUT2D eigenvalue weighted by Gasteiger charge is 2.29. The van der Waals surface area contributed by atoms with Crippen molar-refractivity contribution in [1.82, 2.24) is 4.31 Å². The van der Waals surface area contributed by atoms with E-state index in [0.717, 1.165) is 24.2 Å². The van der Waals surface area contributed by atoms with Crippen LogP contribution in [-0.2, 0) is 10.0 Å². The molecule has 2 heterocycles. The molecule has 1 aliphatic heterocycles. The Labute approximate surface area is 137 Å². The van der Waals surface area contributed by atoms with Crippen LogP contribution in [0.1, 0.15) is 22.5 Å². The monoisotopic (exact) mass is 354 g/mol. The predicted octanol–water partition coefficient (Wildman–Crippen LogP) is 2.92. The molecule has 23 heavy (non-hydrogen) atoms. The lowest BCUT2D eigenvalue weighted by Gasteiger charge is -2.13. The van der Waals surface area contributed by atoms with Gasteiger partial charge in [-0.25, -0.2) is 12.8 Å². The topological polar surface area (TPSA) is 66.5 Å². The number of amides is 1. The van der Waals surface area contributed by atoms with Crippen LogP contribution in [0.25, 0.3) is 0 Å². The molecule has 0 aliphatic carbocycles. The number of carbonyl (C=O) groups excluding carboxylic acids is 1. The second-order valence-electron chi connectivity index (χ2n) is 5.19. The molecule has 1 saturated heterocycles. The zero-order chi connectivity index (χ0) is 16.4. The molecular formula is C15H15FN2O3S2. The molecule has 2 aromatic rings. The number of halogens is 1. The first kappa shape index (κ1) is 16.1. The average Bonchev–Trinajstić information content (AvgIpc) is 3.19. The van der Waals surface area contributed by atoms with Crippen LogP contribution in [0.4, 0.5) is 10.1 Å². The summed E-state index contributed by atoms with van der Waals surface area (Å²) in [7, 11) is -3.52. The summed E-state index contributed by atoms with van der Waals surface area (Å²) in [5.41, 5.74) is 0.326. The Morgan fingerprint density at radius 3 is 2.61 bits per heavy atom. The Morgan fingerprint density at radius 2 is 1.91 bits per heavy atom. The van der Waals surface area contributed by atoms with Gasteiger partial charge in [-0.2, -0.15) is 4.31 Å². The molecule has 8 heteroatoms. The number of nitrogens with zero attached hydrogens (tertiary/aromatic N) is 1. The van der Waals surface area contributed by atoms with E-state index in [-0.39, 0.29) is 9.09 Å². The summed E-state index contributed by atoms with van der Waals surface area (Å²) in [4.78, 5) is 12.4. The van der Waals surface area contributed by atoms with Gasteiger partial charge in [0, 0.05) is 18.8 Å². The summed E-state index contributed by atoms with van der Waals surface area (Å²) in [5, 5.41) is 2.56. The smallest absolute Gasteiger partial charge is 0.265 e. The fourth-order valence-corrected chi connectivity index (χ4v) is 5.27. The molecule has 0 unspecified atom stereocenters. The molecule has 5 nitrogen and oxygen atoms in total. The maximum atomic E-state index is 13.1. The van der Waals surface area contributed by atoms with E-state index in [1.165, 1.54) is 34.6 Å². The molecule has 0 radical (unpaired) electrons. The van der Waals surface area contributed by atoms with Gasteiger partial charge in [-0.3, -0.25) is 4.79 Å². The van der Waals surface area contributed by atoms with Crippen molar-refractivity contribution in [2.75, 3.05) is 18.4 Å². The molecule has 0 saturated carbocycles. The molecule has 1 aromatic heterocycles. The Bertz CT molecular complexity index is 827. The largest absolute Gasteiger partial charge is 0.321 e. The second-order valence-corrected chi connectivity index (χ2v) is 8.44. The standard InChI is InChI=1S/C15H15FN2O3S2/c16-11-4-3-5-12(10-11)17-15(19)13-6-7-14(22-13)23(20,21)18-8-1-2-9-18/h3-7,10H,1-2,8-9H2,(H,17,19). The molecule has 1 aromatic carbocycles. The highest BCUT2D eigenvalue weighted by molar-refractivity contribution is 7.91. The summed E-state index contributed by atoms with van der Waals surface area (Å²) in [6.07, 6.45) is 1.72. The maximum absolute atomic E-state index is 13.1. The molecule has 0 atom stereocenters. The lowest BCUT2D eigenvalue weighted by atomic mass is 10.3. The van der Waals surface area contributed by atoms with Gasteiger partial charge < -0.3 is 5.32 Å². The summed E-state index contributed by atoms with van der Waals surface area (Å²) >= 11 is 0.923. The summed E-state index contributed by atoms with van der Waals surface area (Å²) in [6, 6.07) is 8.45. The first-order chi connectivity index (χ1) is 11.0. The number of carbonyl (C=O) groups is 1. The summed E-state index contributed by atoms with van der Waals surface area (Å²) in [5.74, 6) is -0.908. The van der Waals surface area contributed by atoms with E-state index in [0.29, 0.717) is 18.8 Å². The van der Waals surface area contributed by atoms with Crippen LogP contribution in [0.2, 0.25) is 0 Å². The van der Waals surface area contributed by atoms with E-state index in [1.807, 2.05) is 0 Å².